The summed E-state index contributed by atoms with van der Waals surface area (Å²) in [6.07, 6.45) is 1.28. The van der Waals surface area contributed by atoms with Crippen LogP contribution in [0.1, 0.15) is 10.6 Å². The largest absolute Gasteiger partial charge is 0.378 e. The lowest BCUT2D eigenvalue weighted by Crippen LogP contribution is -2.36. The first-order chi connectivity index (χ1) is 10.2. The van der Waals surface area contributed by atoms with Gasteiger partial charge < -0.3 is 15.0 Å². The van der Waals surface area contributed by atoms with Crippen LogP contribution in [0.3, 0.4) is 0 Å². The number of aromatic nitrogens is 3. The van der Waals surface area contributed by atoms with Crippen molar-refractivity contribution in [2.75, 3.05) is 36.5 Å². The zero-order valence-corrected chi connectivity index (χ0v) is 11.9. The van der Waals surface area contributed by atoms with Crippen LogP contribution in [-0.2, 0) is 4.74 Å². The number of amides is 1. The number of halogens is 1. The highest BCUT2D eigenvalue weighted by Crippen LogP contribution is 2.29. The molecule has 1 aliphatic rings. The second-order valence-corrected chi connectivity index (χ2v) is 4.96. The molecule has 0 saturated carbocycles. The second-order valence-electron chi connectivity index (χ2n) is 4.55. The molecule has 1 aliphatic heterocycles. The van der Waals surface area contributed by atoms with Crippen LogP contribution in [0.2, 0.25) is 5.02 Å². The number of rotatable bonds is 3. The Morgan fingerprint density at radius 2 is 2.19 bits per heavy atom. The maximum Gasteiger partial charge on any atom is 0.292 e. The van der Waals surface area contributed by atoms with Crippen molar-refractivity contribution in [3.05, 3.63) is 35.4 Å². The number of hydrogen-bond acceptors (Lipinski definition) is 5. The van der Waals surface area contributed by atoms with E-state index in [0.29, 0.717) is 23.9 Å². The van der Waals surface area contributed by atoms with Gasteiger partial charge in [0.2, 0.25) is 5.82 Å². The van der Waals surface area contributed by atoms with Crippen molar-refractivity contribution >= 4 is 28.9 Å². The first-order valence-corrected chi connectivity index (χ1v) is 6.91. The zero-order chi connectivity index (χ0) is 14.7. The third-order valence-electron chi connectivity index (χ3n) is 3.19. The van der Waals surface area contributed by atoms with Crippen molar-refractivity contribution in [2.24, 2.45) is 0 Å². The average molecular weight is 308 g/mol. The first-order valence-electron chi connectivity index (χ1n) is 6.53. The highest BCUT2D eigenvalue weighted by Gasteiger charge is 2.15. The summed E-state index contributed by atoms with van der Waals surface area (Å²) in [5, 5.41) is 9.45. The number of H-pyrrole nitrogens is 1. The van der Waals surface area contributed by atoms with Crippen LogP contribution in [-0.4, -0.2) is 47.4 Å². The SMILES string of the molecule is O=C(Nc1ccc(N2CCOCC2)c(Cl)c1)c1ncn[nH]1. The summed E-state index contributed by atoms with van der Waals surface area (Å²) in [5.41, 5.74) is 1.55. The van der Waals surface area contributed by atoms with Crippen molar-refractivity contribution < 1.29 is 9.53 Å². The second kappa shape index (κ2) is 6.11. The molecule has 0 aliphatic carbocycles. The van der Waals surface area contributed by atoms with Crippen molar-refractivity contribution in [1.29, 1.82) is 0 Å². The van der Waals surface area contributed by atoms with Gasteiger partial charge in [0.25, 0.3) is 5.91 Å². The fourth-order valence-electron chi connectivity index (χ4n) is 2.15. The van der Waals surface area contributed by atoms with Crippen molar-refractivity contribution in [2.45, 2.75) is 0 Å². The molecule has 1 amide bonds. The zero-order valence-electron chi connectivity index (χ0n) is 11.2. The molecule has 2 aromatic rings. The Bertz CT molecular complexity index is 625. The van der Waals surface area contributed by atoms with Crippen LogP contribution in [0.5, 0.6) is 0 Å². The van der Waals surface area contributed by atoms with Gasteiger partial charge in [0.05, 0.1) is 23.9 Å². The molecule has 3 rings (SSSR count). The van der Waals surface area contributed by atoms with E-state index < -0.39 is 0 Å². The lowest BCUT2D eigenvalue weighted by molar-refractivity contribution is 0.101. The molecule has 21 heavy (non-hydrogen) atoms. The highest BCUT2D eigenvalue weighted by atomic mass is 35.5. The number of ether oxygens (including phenoxy) is 1. The minimum atomic E-state index is -0.359. The van der Waals surface area contributed by atoms with Gasteiger partial charge in [-0.05, 0) is 18.2 Å². The fraction of sp³-hybridized carbons (Fsp3) is 0.308. The summed E-state index contributed by atoms with van der Waals surface area (Å²) < 4.78 is 5.32. The van der Waals surface area contributed by atoms with Gasteiger partial charge in [-0.3, -0.25) is 9.89 Å². The standard InChI is InChI=1S/C13H14ClN5O2/c14-10-7-9(17-13(20)12-15-8-16-18-12)1-2-11(10)19-3-5-21-6-4-19/h1-2,7-8H,3-6H2,(H,17,20)(H,15,16,18). The molecule has 0 radical (unpaired) electrons. The van der Waals surface area contributed by atoms with Gasteiger partial charge in [0.15, 0.2) is 0 Å². The van der Waals surface area contributed by atoms with Crippen LogP contribution in [0, 0.1) is 0 Å². The molecule has 7 nitrogen and oxygen atoms in total. The maximum absolute atomic E-state index is 11.9. The molecule has 0 unspecified atom stereocenters. The monoisotopic (exact) mass is 307 g/mol. The van der Waals surface area contributed by atoms with Crippen LogP contribution < -0.4 is 10.2 Å². The minimum absolute atomic E-state index is 0.156. The molecule has 0 bridgehead atoms. The van der Waals surface area contributed by atoms with E-state index in [2.05, 4.69) is 25.4 Å². The minimum Gasteiger partial charge on any atom is -0.378 e. The van der Waals surface area contributed by atoms with Crippen molar-refractivity contribution in [3.8, 4) is 0 Å². The molecule has 0 atom stereocenters. The van der Waals surface area contributed by atoms with Crippen LogP contribution in [0.4, 0.5) is 11.4 Å². The molecular formula is C13H14ClN5O2. The number of hydrogen-bond donors (Lipinski definition) is 2. The summed E-state index contributed by atoms with van der Waals surface area (Å²) in [7, 11) is 0. The molecular weight excluding hydrogens is 294 g/mol. The highest BCUT2D eigenvalue weighted by molar-refractivity contribution is 6.33. The van der Waals surface area contributed by atoms with Crippen molar-refractivity contribution in [3.63, 3.8) is 0 Å². The number of anilines is 2. The van der Waals surface area contributed by atoms with Gasteiger partial charge in [0, 0.05) is 18.8 Å². The number of morpholine rings is 1. The summed E-state index contributed by atoms with van der Waals surface area (Å²) in [6, 6.07) is 5.43. The Labute approximate surface area is 126 Å². The van der Waals surface area contributed by atoms with E-state index in [1.165, 1.54) is 6.33 Å². The van der Waals surface area contributed by atoms with Crippen LogP contribution >= 0.6 is 11.6 Å². The summed E-state index contributed by atoms with van der Waals surface area (Å²) in [4.78, 5) is 17.8. The molecule has 2 heterocycles. The average Bonchev–Trinajstić information content (AvgIpc) is 3.02. The normalized spacial score (nSPS) is 15.0. The first kappa shape index (κ1) is 13.8. The fourth-order valence-corrected chi connectivity index (χ4v) is 2.45. The smallest absolute Gasteiger partial charge is 0.292 e. The topological polar surface area (TPSA) is 83.1 Å². The molecule has 110 valence electrons. The Hall–Kier alpha value is -2.12. The van der Waals surface area contributed by atoms with E-state index in [-0.39, 0.29) is 11.7 Å². The van der Waals surface area contributed by atoms with Crippen LogP contribution in [0.15, 0.2) is 24.5 Å². The van der Waals surface area contributed by atoms with Gasteiger partial charge in [-0.2, -0.15) is 5.10 Å². The Balaban J connectivity index is 1.73. The van der Waals surface area contributed by atoms with Gasteiger partial charge >= 0.3 is 0 Å². The Morgan fingerprint density at radius 1 is 1.38 bits per heavy atom. The lowest BCUT2D eigenvalue weighted by atomic mass is 10.2. The summed E-state index contributed by atoms with van der Waals surface area (Å²) in [6.45, 7) is 3.01. The van der Waals surface area contributed by atoms with E-state index >= 15 is 0 Å². The van der Waals surface area contributed by atoms with Gasteiger partial charge in [-0.15, -0.1) is 0 Å². The Morgan fingerprint density at radius 3 is 2.86 bits per heavy atom. The quantitative estimate of drug-likeness (QED) is 0.899. The van der Waals surface area contributed by atoms with Gasteiger partial charge in [-0.1, -0.05) is 11.6 Å². The predicted octanol–water partition coefficient (Wildman–Crippen LogP) is 1.55. The molecule has 1 fully saturated rings. The van der Waals surface area contributed by atoms with E-state index in [4.69, 9.17) is 16.3 Å². The number of nitrogens with one attached hydrogen (secondary N) is 2. The summed E-state index contributed by atoms with van der Waals surface area (Å²) in [5.74, 6) is -0.203. The number of aromatic amines is 1. The van der Waals surface area contributed by atoms with Gasteiger partial charge in [0.1, 0.15) is 6.33 Å². The number of carbonyl (C=O) groups excluding carboxylic acids is 1. The molecule has 1 aromatic heterocycles. The third kappa shape index (κ3) is 3.14. The van der Waals surface area contributed by atoms with E-state index in [1.54, 1.807) is 6.07 Å². The van der Waals surface area contributed by atoms with Gasteiger partial charge in [-0.25, -0.2) is 4.98 Å². The maximum atomic E-state index is 11.9. The Kier molecular flexibility index (Phi) is 4.03. The summed E-state index contributed by atoms with van der Waals surface area (Å²) >= 11 is 6.30. The molecule has 1 aromatic carbocycles. The molecule has 8 heteroatoms. The van der Waals surface area contributed by atoms with Crippen molar-refractivity contribution in [1.82, 2.24) is 15.2 Å². The van der Waals surface area contributed by atoms with E-state index in [1.807, 2.05) is 12.1 Å². The van der Waals surface area contributed by atoms with Crippen LogP contribution in [0.25, 0.3) is 0 Å². The van der Waals surface area contributed by atoms with E-state index in [9.17, 15) is 4.79 Å². The number of carbonyl (C=O) groups is 1. The predicted molar refractivity (Wildman–Crippen MR) is 78.8 cm³/mol. The third-order valence-corrected chi connectivity index (χ3v) is 3.49. The molecule has 1 saturated heterocycles. The molecule has 2 N–H and O–H groups in total. The number of benzene rings is 1. The number of nitrogens with zero attached hydrogens (tertiary/aromatic N) is 3. The van der Waals surface area contributed by atoms with E-state index in [0.717, 1.165) is 18.8 Å². The lowest BCUT2D eigenvalue weighted by Gasteiger charge is -2.29. The molecule has 0 spiro atoms.